The highest BCUT2D eigenvalue weighted by Crippen LogP contribution is 2.23. The summed E-state index contributed by atoms with van der Waals surface area (Å²) < 4.78 is 43.1. The fraction of sp³-hybridized carbons (Fsp3) is 0.474. The van der Waals surface area contributed by atoms with Gasteiger partial charge in [0.05, 0.1) is 39.6 Å². The Kier molecular flexibility index (Phi) is 19.0. The molecule has 0 radical (unpaired) electrons. The van der Waals surface area contributed by atoms with Gasteiger partial charge in [-0.3, -0.25) is 9.59 Å². The predicted molar refractivity (Wildman–Crippen MR) is 193 cm³/mol. The van der Waals surface area contributed by atoms with Crippen LogP contribution >= 0.6 is 12.6 Å². The van der Waals surface area contributed by atoms with Gasteiger partial charge in [-0.25, -0.2) is 9.59 Å². The van der Waals surface area contributed by atoms with Gasteiger partial charge in [-0.05, 0) is 52.2 Å². The normalized spacial score (nSPS) is 12.8. The molecule has 0 saturated carbocycles. The van der Waals surface area contributed by atoms with Gasteiger partial charge in [-0.2, -0.15) is 0 Å². The molecule has 0 heterocycles. The third-order valence-electron chi connectivity index (χ3n) is 7.14. The van der Waals surface area contributed by atoms with Crippen LogP contribution in [0.2, 0.25) is 0 Å². The zero-order chi connectivity index (χ0) is 37.9. The first kappa shape index (κ1) is 43.5. The Labute approximate surface area is 305 Å². The van der Waals surface area contributed by atoms with Gasteiger partial charge < -0.3 is 37.9 Å². The largest absolute Gasteiger partial charge is 0.460 e. The molecule has 2 aromatic rings. The molecule has 0 aliphatic heterocycles. The van der Waals surface area contributed by atoms with Crippen LogP contribution in [0.25, 0.3) is 0 Å². The minimum absolute atomic E-state index is 0.102. The smallest absolute Gasteiger partial charge is 0.330 e. The topological polar surface area (TPSA) is 142 Å². The number of thiol groups is 1. The van der Waals surface area contributed by atoms with Gasteiger partial charge in [0.2, 0.25) is 5.62 Å². The van der Waals surface area contributed by atoms with Crippen LogP contribution in [0.5, 0.6) is 0 Å². The maximum Gasteiger partial charge on any atom is 0.330 e. The summed E-state index contributed by atoms with van der Waals surface area (Å²) in [6, 6.07) is 14.6. The Hall–Kier alpha value is -3.69. The zero-order valence-electron chi connectivity index (χ0n) is 30.1. The summed E-state index contributed by atoms with van der Waals surface area (Å²) in [5.41, 5.74) is -0.372. The average Bonchev–Trinajstić information content (AvgIpc) is 3.10. The van der Waals surface area contributed by atoms with E-state index in [1.165, 1.54) is 0 Å². The predicted octanol–water partition coefficient (Wildman–Crippen LogP) is 5.32. The summed E-state index contributed by atoms with van der Waals surface area (Å²) >= 11 is 4.28. The van der Waals surface area contributed by atoms with Crippen molar-refractivity contribution in [2.45, 2.75) is 64.2 Å². The van der Waals surface area contributed by atoms with Crippen LogP contribution in [0, 0.1) is 0 Å². The van der Waals surface area contributed by atoms with E-state index in [2.05, 4.69) is 25.8 Å². The van der Waals surface area contributed by atoms with Crippen molar-refractivity contribution in [3.63, 3.8) is 0 Å². The van der Waals surface area contributed by atoms with Crippen LogP contribution in [-0.4, -0.2) is 99.5 Å². The van der Waals surface area contributed by atoms with Crippen molar-refractivity contribution in [1.82, 2.24) is 0 Å². The summed E-state index contributed by atoms with van der Waals surface area (Å²) in [6.07, 6.45) is 2.09. The molecule has 0 N–H and O–H groups in total. The summed E-state index contributed by atoms with van der Waals surface area (Å²) in [7, 11) is 0. The van der Waals surface area contributed by atoms with Crippen molar-refractivity contribution >= 4 is 36.1 Å². The molecule has 2 rings (SSSR count). The highest BCUT2D eigenvalue weighted by Gasteiger charge is 2.33. The molecular weight excluding hydrogens is 680 g/mol. The molecule has 2 unspecified atom stereocenters. The molecule has 0 fully saturated rings. The van der Waals surface area contributed by atoms with E-state index in [9.17, 15) is 19.2 Å². The van der Waals surface area contributed by atoms with Crippen molar-refractivity contribution in [1.29, 1.82) is 0 Å². The minimum atomic E-state index is -1.21. The van der Waals surface area contributed by atoms with Crippen LogP contribution in [-0.2, 0) is 53.9 Å². The number of rotatable bonds is 26. The van der Waals surface area contributed by atoms with Crippen molar-refractivity contribution in [3.8, 4) is 0 Å². The highest BCUT2D eigenvalue weighted by molar-refractivity contribution is 7.80. The summed E-state index contributed by atoms with van der Waals surface area (Å²) in [5, 5.41) is 0. The fourth-order valence-electron chi connectivity index (χ4n) is 4.53. The number of hydrogen-bond donors (Lipinski definition) is 1. The fourth-order valence-corrected chi connectivity index (χ4v) is 4.90. The van der Waals surface area contributed by atoms with Gasteiger partial charge in [0.25, 0.3) is 0 Å². The van der Waals surface area contributed by atoms with Gasteiger partial charge >= 0.3 is 11.9 Å². The maximum atomic E-state index is 13.2. The van der Waals surface area contributed by atoms with Gasteiger partial charge in [-0.15, -0.1) is 12.6 Å². The molecule has 0 bridgehead atoms. The van der Waals surface area contributed by atoms with E-state index in [4.69, 9.17) is 37.9 Å². The molecule has 51 heavy (non-hydrogen) atoms. The molecule has 2 atom stereocenters. The lowest BCUT2D eigenvalue weighted by Crippen LogP contribution is -2.39. The van der Waals surface area contributed by atoms with Crippen LogP contribution in [0.4, 0.5) is 0 Å². The van der Waals surface area contributed by atoms with Gasteiger partial charge in [0.1, 0.15) is 24.4 Å². The monoisotopic (exact) mass is 730 g/mol. The Morgan fingerprint density at radius 1 is 0.627 bits per heavy atom. The second kappa shape index (κ2) is 22.3. The molecule has 0 amide bonds. The lowest BCUT2D eigenvalue weighted by Gasteiger charge is -2.28. The van der Waals surface area contributed by atoms with Crippen molar-refractivity contribution < 1.29 is 57.1 Å². The Balaban J connectivity index is 1.79. The second-order valence-electron chi connectivity index (χ2n) is 12.1. The van der Waals surface area contributed by atoms with E-state index in [0.717, 1.165) is 23.3 Å². The number of carbonyl (C=O) groups excluding carboxylic acids is 4. The van der Waals surface area contributed by atoms with E-state index in [0.29, 0.717) is 17.5 Å². The number of hydrogen-bond acceptors (Lipinski definition) is 13. The first-order chi connectivity index (χ1) is 24.2. The average molecular weight is 731 g/mol. The minimum Gasteiger partial charge on any atom is -0.460 e. The lowest BCUT2D eigenvalue weighted by molar-refractivity contribution is -0.180. The Morgan fingerprint density at radius 2 is 1.02 bits per heavy atom. The quantitative estimate of drug-likeness (QED) is 0.0335. The molecule has 0 saturated heterocycles. The molecule has 0 aromatic heterocycles. The number of ketones is 2. The van der Waals surface area contributed by atoms with E-state index in [-0.39, 0.29) is 64.4 Å². The van der Waals surface area contributed by atoms with Crippen LogP contribution in [0.15, 0.2) is 73.8 Å². The molecule has 0 spiro atoms. The van der Waals surface area contributed by atoms with E-state index < -0.39 is 35.1 Å². The van der Waals surface area contributed by atoms with E-state index in [1.807, 2.05) is 24.3 Å². The van der Waals surface area contributed by atoms with Gasteiger partial charge in [0.15, 0.2) is 17.9 Å². The van der Waals surface area contributed by atoms with Crippen molar-refractivity contribution in [2.75, 3.05) is 52.9 Å². The third-order valence-corrected chi connectivity index (χ3v) is 7.39. The van der Waals surface area contributed by atoms with Crippen LogP contribution < -0.4 is 0 Å². The number of carbonyl (C=O) groups is 4. The molecule has 2 aromatic carbocycles. The molecule has 0 aliphatic carbocycles. The number of Topliss-reactive ketones (excluding diaryl/α,β-unsaturated/α-hetero) is 2. The van der Waals surface area contributed by atoms with E-state index in [1.54, 1.807) is 58.9 Å². The van der Waals surface area contributed by atoms with Crippen LogP contribution in [0.3, 0.4) is 0 Å². The van der Waals surface area contributed by atoms with Crippen molar-refractivity contribution in [3.05, 3.63) is 96.1 Å². The van der Waals surface area contributed by atoms with Crippen molar-refractivity contribution in [2.24, 2.45) is 0 Å². The summed E-state index contributed by atoms with van der Waals surface area (Å²) in [5.74, 6) is -1.45. The SMILES string of the molecule is C=CC(=O)OCCOCCOC(C)OC(C)(C)C(=O)c1ccc(Cc2ccc(C(=O)C(C)(C)OC(S)OCCOCCOC(=O)C=C)cc2)cc1. The Bertz CT molecular complexity index is 1310. The first-order valence-corrected chi connectivity index (χ1v) is 17.0. The summed E-state index contributed by atoms with van der Waals surface area (Å²) in [4.78, 5) is 48.5. The Morgan fingerprint density at radius 3 is 1.45 bits per heavy atom. The molecule has 0 aliphatic rings. The molecule has 280 valence electrons. The third kappa shape index (κ3) is 16.5. The first-order valence-electron chi connectivity index (χ1n) is 16.5. The zero-order valence-corrected chi connectivity index (χ0v) is 30.9. The van der Waals surface area contributed by atoms with Gasteiger partial charge in [-0.1, -0.05) is 61.7 Å². The molecular formula is C38H50O12S. The highest BCUT2D eigenvalue weighted by atomic mass is 32.1. The lowest BCUT2D eigenvalue weighted by atomic mass is 9.93. The summed E-state index contributed by atoms with van der Waals surface area (Å²) in [6.45, 7) is 16.6. The van der Waals surface area contributed by atoms with E-state index >= 15 is 0 Å². The second-order valence-corrected chi connectivity index (χ2v) is 12.5. The number of ether oxygens (including phenoxy) is 8. The number of benzene rings is 2. The van der Waals surface area contributed by atoms with Crippen LogP contribution in [0.1, 0.15) is 66.5 Å². The molecule has 13 heteroatoms. The van der Waals surface area contributed by atoms with Gasteiger partial charge in [0, 0.05) is 23.3 Å². The molecule has 12 nitrogen and oxygen atoms in total. The number of esters is 2. The maximum absolute atomic E-state index is 13.2. The standard InChI is InChI=1S/C38H50O12S/c1-8-32(39)46-23-19-43-18-22-45-27(3)49-37(4,5)34(41)30-14-10-28(11-15-30)26-29-12-16-31(17-13-29)35(42)38(6,7)50-36(51)48-25-21-44-20-24-47-33(40)9-2/h8-17,27,36,51H,1-2,18-26H2,3-7H3.